The van der Waals surface area contributed by atoms with Crippen molar-refractivity contribution in [3.05, 3.63) is 71.7 Å². The summed E-state index contributed by atoms with van der Waals surface area (Å²) in [5.41, 5.74) is -0.0675. The van der Waals surface area contributed by atoms with E-state index in [1.165, 1.54) is 43.6 Å². The third kappa shape index (κ3) is 7.06. The minimum atomic E-state index is -1.21. The fourth-order valence-corrected chi connectivity index (χ4v) is 3.37. The molecule has 3 amide bonds. The summed E-state index contributed by atoms with van der Waals surface area (Å²) in [7, 11) is 1.35. The van der Waals surface area contributed by atoms with Gasteiger partial charge in [-0.15, -0.1) is 0 Å². The first-order valence-corrected chi connectivity index (χ1v) is 10.9. The maximum atomic E-state index is 13.8. The molecule has 12 heteroatoms. The molecular weight excluding hydrogens is 481 g/mol. The first-order valence-electron chi connectivity index (χ1n) is 10.9. The zero-order valence-corrected chi connectivity index (χ0v) is 19.2. The van der Waals surface area contributed by atoms with Gasteiger partial charge in [-0.2, -0.15) is 0 Å². The molecule has 4 N–H and O–H groups in total. The zero-order valence-electron chi connectivity index (χ0n) is 19.2. The molecule has 0 saturated carbocycles. The van der Waals surface area contributed by atoms with Crippen molar-refractivity contribution in [2.24, 2.45) is 0 Å². The van der Waals surface area contributed by atoms with E-state index in [-0.39, 0.29) is 31.0 Å². The second-order valence-corrected chi connectivity index (χ2v) is 7.99. The zero-order chi connectivity index (χ0) is 26.2. The normalized spacial score (nSPS) is 12.6. The topological polar surface area (TPSA) is 124 Å². The maximum Gasteiger partial charge on any atom is 0.412 e. The highest BCUT2D eigenvalue weighted by Crippen LogP contribution is 2.18. The van der Waals surface area contributed by atoms with Gasteiger partial charge in [-0.3, -0.25) is 5.32 Å². The van der Waals surface area contributed by atoms with E-state index < -0.39 is 48.3 Å². The van der Waals surface area contributed by atoms with Gasteiger partial charge < -0.3 is 25.2 Å². The number of pyridine rings is 1. The monoisotopic (exact) mass is 506 g/mol. The van der Waals surface area contributed by atoms with E-state index in [0.717, 1.165) is 11.0 Å². The summed E-state index contributed by atoms with van der Waals surface area (Å²) in [5, 5.41) is 25.1. The van der Waals surface area contributed by atoms with Gasteiger partial charge in [0.25, 0.3) is 0 Å². The van der Waals surface area contributed by atoms with Crippen molar-refractivity contribution in [3.63, 3.8) is 0 Å². The lowest BCUT2D eigenvalue weighted by atomic mass is 10.1. The molecule has 0 saturated heterocycles. The highest BCUT2D eigenvalue weighted by atomic mass is 19.2. The SMILES string of the molecule is CN(C(=O)NCc1cccc(F)c1F)[C@H](COC(=O)Nc1cc2cc(F)ccc2cn1)CC(O)CO. The molecule has 0 aliphatic carbocycles. The summed E-state index contributed by atoms with van der Waals surface area (Å²) in [4.78, 5) is 30.0. The Labute approximate surface area is 204 Å². The molecule has 192 valence electrons. The lowest BCUT2D eigenvalue weighted by Gasteiger charge is -2.29. The fraction of sp³-hybridized carbons (Fsp3) is 0.292. The largest absolute Gasteiger partial charge is 0.447 e. The van der Waals surface area contributed by atoms with Crippen LogP contribution in [0.1, 0.15) is 12.0 Å². The lowest BCUT2D eigenvalue weighted by molar-refractivity contribution is 0.0480. The first kappa shape index (κ1) is 26.7. The van der Waals surface area contributed by atoms with Crippen LogP contribution in [-0.4, -0.2) is 64.6 Å². The number of urea groups is 1. The van der Waals surface area contributed by atoms with Gasteiger partial charge in [-0.25, -0.2) is 27.7 Å². The van der Waals surface area contributed by atoms with Crippen molar-refractivity contribution in [2.45, 2.75) is 25.1 Å². The van der Waals surface area contributed by atoms with Crippen LogP contribution in [0.25, 0.3) is 10.8 Å². The van der Waals surface area contributed by atoms with Crippen molar-refractivity contribution < 1.29 is 37.7 Å². The molecule has 3 rings (SSSR count). The van der Waals surface area contributed by atoms with Gasteiger partial charge in [0, 0.05) is 30.7 Å². The summed E-state index contributed by atoms with van der Waals surface area (Å²) in [6.07, 6.45) is -0.827. The van der Waals surface area contributed by atoms with E-state index in [0.29, 0.717) is 10.8 Å². The third-order valence-corrected chi connectivity index (χ3v) is 5.41. The molecule has 1 aromatic heterocycles. The minimum absolute atomic E-state index is 0.0675. The van der Waals surface area contributed by atoms with Crippen LogP contribution in [0.5, 0.6) is 0 Å². The highest BCUT2D eigenvalue weighted by Gasteiger charge is 2.25. The summed E-state index contributed by atoms with van der Waals surface area (Å²) in [5.74, 6) is -2.48. The van der Waals surface area contributed by atoms with Gasteiger partial charge in [0.2, 0.25) is 0 Å². The van der Waals surface area contributed by atoms with Gasteiger partial charge in [-0.1, -0.05) is 12.1 Å². The number of benzene rings is 2. The molecule has 0 spiro atoms. The number of aliphatic hydroxyl groups excluding tert-OH is 2. The number of likely N-dealkylation sites (N-methyl/N-ethyl adjacent to an activating group) is 1. The molecule has 3 aromatic rings. The number of anilines is 1. The van der Waals surface area contributed by atoms with Crippen molar-refractivity contribution in [1.29, 1.82) is 0 Å². The Kier molecular flexibility index (Phi) is 9.03. The smallest absolute Gasteiger partial charge is 0.412 e. The van der Waals surface area contributed by atoms with Crippen molar-refractivity contribution in [1.82, 2.24) is 15.2 Å². The summed E-state index contributed by atoms with van der Waals surface area (Å²) in [6, 6.07) is 7.54. The van der Waals surface area contributed by atoms with Crippen LogP contribution in [0.15, 0.2) is 48.7 Å². The molecule has 0 fully saturated rings. The summed E-state index contributed by atoms with van der Waals surface area (Å²) < 4.78 is 45.8. The van der Waals surface area contributed by atoms with Crippen LogP contribution in [-0.2, 0) is 11.3 Å². The maximum absolute atomic E-state index is 13.8. The molecule has 0 aliphatic rings. The minimum Gasteiger partial charge on any atom is -0.447 e. The van der Waals surface area contributed by atoms with Gasteiger partial charge >= 0.3 is 12.1 Å². The average Bonchev–Trinajstić information content (AvgIpc) is 2.86. The number of fused-ring (bicyclic) bond motifs is 1. The van der Waals surface area contributed by atoms with Crippen LogP contribution in [0.3, 0.4) is 0 Å². The molecule has 9 nitrogen and oxygen atoms in total. The number of hydrogen-bond acceptors (Lipinski definition) is 6. The number of carbonyl (C=O) groups is 2. The molecule has 0 aliphatic heterocycles. The Balaban J connectivity index is 1.60. The van der Waals surface area contributed by atoms with Crippen molar-refractivity contribution in [3.8, 4) is 0 Å². The van der Waals surface area contributed by atoms with Gasteiger partial charge in [0.1, 0.15) is 18.2 Å². The number of amides is 3. The van der Waals surface area contributed by atoms with Crippen LogP contribution in [0.2, 0.25) is 0 Å². The number of ether oxygens (including phenoxy) is 1. The predicted molar refractivity (Wildman–Crippen MR) is 125 cm³/mol. The van der Waals surface area contributed by atoms with Crippen LogP contribution in [0.4, 0.5) is 28.6 Å². The van der Waals surface area contributed by atoms with E-state index in [2.05, 4.69) is 15.6 Å². The molecule has 0 radical (unpaired) electrons. The first-order chi connectivity index (χ1) is 17.2. The van der Waals surface area contributed by atoms with Gasteiger partial charge in [0.15, 0.2) is 11.6 Å². The molecule has 1 heterocycles. The number of aliphatic hydroxyl groups is 2. The molecular formula is C24H25F3N4O5. The Bertz CT molecular complexity index is 1230. The van der Waals surface area contributed by atoms with Gasteiger partial charge in [0.05, 0.1) is 18.8 Å². The van der Waals surface area contributed by atoms with Crippen molar-refractivity contribution >= 4 is 28.7 Å². The lowest BCUT2D eigenvalue weighted by Crippen LogP contribution is -2.47. The van der Waals surface area contributed by atoms with E-state index in [9.17, 15) is 33.0 Å². The van der Waals surface area contributed by atoms with Crippen LogP contribution in [0, 0.1) is 17.5 Å². The van der Waals surface area contributed by atoms with E-state index in [1.54, 1.807) is 6.07 Å². The predicted octanol–water partition coefficient (Wildman–Crippen LogP) is 3.15. The molecule has 2 atom stereocenters. The molecule has 0 bridgehead atoms. The number of carbonyl (C=O) groups excluding carboxylic acids is 2. The molecule has 2 aromatic carbocycles. The number of nitrogens with zero attached hydrogens (tertiary/aromatic N) is 2. The number of halogens is 3. The quantitative estimate of drug-likeness (QED) is 0.354. The highest BCUT2D eigenvalue weighted by molar-refractivity contribution is 5.89. The molecule has 1 unspecified atom stereocenters. The Morgan fingerprint density at radius 2 is 1.92 bits per heavy atom. The second kappa shape index (κ2) is 12.2. The number of rotatable bonds is 9. The van der Waals surface area contributed by atoms with Crippen molar-refractivity contribution in [2.75, 3.05) is 25.6 Å². The Morgan fingerprint density at radius 3 is 2.67 bits per heavy atom. The number of hydrogen-bond donors (Lipinski definition) is 4. The fourth-order valence-electron chi connectivity index (χ4n) is 3.37. The summed E-state index contributed by atoms with van der Waals surface area (Å²) in [6.45, 7) is -1.27. The van der Waals surface area contributed by atoms with Gasteiger partial charge in [-0.05, 0) is 42.1 Å². The van der Waals surface area contributed by atoms with Crippen LogP contribution < -0.4 is 10.6 Å². The number of nitrogens with one attached hydrogen (secondary N) is 2. The second-order valence-electron chi connectivity index (χ2n) is 7.99. The Hall–Kier alpha value is -3.90. The van der Waals surface area contributed by atoms with E-state index in [4.69, 9.17) is 4.74 Å². The third-order valence-electron chi connectivity index (χ3n) is 5.41. The summed E-state index contributed by atoms with van der Waals surface area (Å²) >= 11 is 0. The van der Waals surface area contributed by atoms with Crippen LogP contribution >= 0.6 is 0 Å². The Morgan fingerprint density at radius 1 is 1.14 bits per heavy atom. The van der Waals surface area contributed by atoms with E-state index >= 15 is 0 Å². The standard InChI is InChI=1S/C24H25F3N4O5/c1-31(23(34)29-11-15-3-2-4-20(26)22(15)27)18(9-19(33)12-32)13-36-24(35)30-21-8-16-7-17(25)6-5-14(16)10-28-21/h2-8,10,18-19,32-33H,9,11-13H2,1H3,(H,29,34)(H,28,30,35)/t18-,19?/m0/s1. The molecule has 36 heavy (non-hydrogen) atoms. The average molecular weight is 506 g/mol. The van der Waals surface area contributed by atoms with E-state index in [1.807, 2.05) is 0 Å². The number of aromatic nitrogens is 1.